The predicted octanol–water partition coefficient (Wildman–Crippen LogP) is 2.94. The number of halogens is 1. The summed E-state index contributed by atoms with van der Waals surface area (Å²) in [5, 5.41) is 5.83. The number of nitrogens with one attached hydrogen (secondary N) is 2. The highest BCUT2D eigenvalue weighted by Crippen LogP contribution is 2.21. The van der Waals surface area contributed by atoms with Crippen molar-refractivity contribution in [3.8, 4) is 0 Å². The molecule has 2 rings (SSSR count). The van der Waals surface area contributed by atoms with Crippen molar-refractivity contribution in [3.63, 3.8) is 0 Å². The molecule has 0 aromatic heterocycles. The van der Waals surface area contributed by atoms with Gasteiger partial charge in [0.15, 0.2) is 0 Å². The first-order valence-electron chi connectivity index (χ1n) is 9.47. The van der Waals surface area contributed by atoms with Crippen LogP contribution >= 0.6 is 11.6 Å². The van der Waals surface area contributed by atoms with Gasteiger partial charge in [0.2, 0.25) is 5.91 Å². The molecular weight excluding hydrogens is 350 g/mol. The lowest BCUT2D eigenvalue weighted by atomic mass is 9.92. The van der Waals surface area contributed by atoms with Gasteiger partial charge in [0.25, 0.3) is 5.91 Å². The SMILES string of the molecule is CC1CC(C)CN(CCCCNC(=O)CNC(=O)c2ccccc2Cl)C1. The first-order valence-corrected chi connectivity index (χ1v) is 9.85. The van der Waals surface area contributed by atoms with Gasteiger partial charge in [-0.15, -0.1) is 0 Å². The number of unbranched alkanes of at least 4 members (excludes halogenated alkanes) is 1. The molecule has 2 atom stereocenters. The Balaban J connectivity index is 1.56. The van der Waals surface area contributed by atoms with E-state index in [1.165, 1.54) is 19.5 Å². The van der Waals surface area contributed by atoms with Gasteiger partial charge in [-0.3, -0.25) is 9.59 Å². The molecule has 1 aromatic rings. The first kappa shape index (κ1) is 20.7. The zero-order chi connectivity index (χ0) is 18.9. The van der Waals surface area contributed by atoms with Crippen molar-refractivity contribution in [1.29, 1.82) is 0 Å². The van der Waals surface area contributed by atoms with Crippen molar-refractivity contribution >= 4 is 23.4 Å². The number of hydrogen-bond donors (Lipinski definition) is 2. The summed E-state index contributed by atoms with van der Waals surface area (Å²) in [5.74, 6) is 1.05. The maximum absolute atomic E-state index is 12.0. The van der Waals surface area contributed by atoms with Gasteiger partial charge in [0, 0.05) is 19.6 Å². The van der Waals surface area contributed by atoms with Gasteiger partial charge in [0.05, 0.1) is 17.1 Å². The standard InChI is InChI=1S/C20H30ClN3O2/c1-15-11-16(2)14-24(13-15)10-6-5-9-22-19(25)12-23-20(26)17-7-3-4-8-18(17)21/h3-4,7-8,15-16H,5-6,9-14H2,1-2H3,(H,22,25)(H,23,26). The number of carbonyl (C=O) groups is 2. The van der Waals surface area contributed by atoms with E-state index in [0.29, 0.717) is 17.1 Å². The minimum Gasteiger partial charge on any atom is -0.355 e. The third kappa shape index (κ3) is 6.96. The molecule has 2 N–H and O–H groups in total. The Morgan fingerprint density at radius 2 is 1.81 bits per heavy atom. The van der Waals surface area contributed by atoms with Crippen LogP contribution in [0.1, 0.15) is 43.5 Å². The second-order valence-electron chi connectivity index (χ2n) is 7.43. The Morgan fingerprint density at radius 3 is 2.50 bits per heavy atom. The van der Waals surface area contributed by atoms with Crippen LogP contribution in [0.5, 0.6) is 0 Å². The van der Waals surface area contributed by atoms with E-state index in [2.05, 4.69) is 29.4 Å². The van der Waals surface area contributed by atoms with Gasteiger partial charge in [-0.25, -0.2) is 0 Å². The summed E-state index contributed by atoms with van der Waals surface area (Å²) in [6.45, 7) is 8.70. The number of benzene rings is 1. The van der Waals surface area contributed by atoms with Crippen LogP contribution in [-0.2, 0) is 4.79 Å². The summed E-state index contributed by atoms with van der Waals surface area (Å²) in [6.07, 6.45) is 3.35. The third-order valence-corrected chi connectivity index (χ3v) is 5.03. The molecule has 26 heavy (non-hydrogen) atoms. The number of amides is 2. The number of piperidine rings is 1. The summed E-state index contributed by atoms with van der Waals surface area (Å²) in [4.78, 5) is 26.4. The Kier molecular flexibility index (Phi) is 8.39. The second-order valence-corrected chi connectivity index (χ2v) is 7.83. The molecule has 1 aliphatic rings. The molecule has 2 amide bonds. The summed E-state index contributed by atoms with van der Waals surface area (Å²) in [5.41, 5.74) is 0.381. The van der Waals surface area contributed by atoms with E-state index in [1.807, 2.05) is 0 Å². The van der Waals surface area contributed by atoms with Crippen LogP contribution in [0.15, 0.2) is 24.3 Å². The Morgan fingerprint density at radius 1 is 1.12 bits per heavy atom. The predicted molar refractivity (Wildman–Crippen MR) is 105 cm³/mol. The van der Waals surface area contributed by atoms with Crippen LogP contribution in [0.3, 0.4) is 0 Å². The molecule has 0 saturated carbocycles. The number of likely N-dealkylation sites (tertiary alicyclic amines) is 1. The van der Waals surface area contributed by atoms with Crippen molar-refractivity contribution < 1.29 is 9.59 Å². The largest absolute Gasteiger partial charge is 0.355 e. The molecule has 0 aliphatic carbocycles. The maximum Gasteiger partial charge on any atom is 0.253 e. The Labute approximate surface area is 161 Å². The van der Waals surface area contributed by atoms with E-state index in [1.54, 1.807) is 24.3 Å². The minimum atomic E-state index is -0.334. The fourth-order valence-electron chi connectivity index (χ4n) is 3.63. The van der Waals surface area contributed by atoms with Crippen LogP contribution in [-0.4, -0.2) is 49.4 Å². The van der Waals surface area contributed by atoms with Gasteiger partial charge in [0.1, 0.15) is 0 Å². The third-order valence-electron chi connectivity index (χ3n) is 4.70. The average molecular weight is 380 g/mol. The fourth-order valence-corrected chi connectivity index (χ4v) is 3.85. The normalized spacial score (nSPS) is 20.6. The lowest BCUT2D eigenvalue weighted by molar-refractivity contribution is -0.120. The van der Waals surface area contributed by atoms with Crippen LogP contribution in [0.2, 0.25) is 5.02 Å². The summed E-state index contributed by atoms with van der Waals surface area (Å²) in [7, 11) is 0. The average Bonchev–Trinajstić information content (AvgIpc) is 2.59. The molecule has 0 radical (unpaired) electrons. The molecule has 5 nitrogen and oxygen atoms in total. The molecular formula is C20H30ClN3O2. The van der Waals surface area contributed by atoms with E-state index in [4.69, 9.17) is 11.6 Å². The van der Waals surface area contributed by atoms with Crippen LogP contribution in [0, 0.1) is 11.8 Å². The molecule has 0 spiro atoms. The molecule has 1 fully saturated rings. The van der Waals surface area contributed by atoms with E-state index in [0.717, 1.165) is 31.2 Å². The molecule has 2 unspecified atom stereocenters. The van der Waals surface area contributed by atoms with Gasteiger partial charge in [-0.05, 0) is 49.8 Å². The minimum absolute atomic E-state index is 0.0365. The summed E-state index contributed by atoms with van der Waals surface area (Å²) < 4.78 is 0. The van der Waals surface area contributed by atoms with Crippen LogP contribution < -0.4 is 10.6 Å². The topological polar surface area (TPSA) is 61.4 Å². The zero-order valence-electron chi connectivity index (χ0n) is 15.8. The van der Waals surface area contributed by atoms with Crippen molar-refractivity contribution in [3.05, 3.63) is 34.9 Å². The zero-order valence-corrected chi connectivity index (χ0v) is 16.5. The van der Waals surface area contributed by atoms with Crippen LogP contribution in [0.25, 0.3) is 0 Å². The smallest absolute Gasteiger partial charge is 0.253 e. The molecule has 1 aromatic carbocycles. The molecule has 1 heterocycles. The Bertz CT molecular complexity index is 598. The quantitative estimate of drug-likeness (QED) is 0.682. The molecule has 1 saturated heterocycles. The monoisotopic (exact) mass is 379 g/mol. The van der Waals surface area contributed by atoms with Gasteiger partial charge < -0.3 is 15.5 Å². The number of carbonyl (C=O) groups excluding carboxylic acids is 2. The first-order chi connectivity index (χ1) is 12.5. The molecule has 144 valence electrons. The van der Waals surface area contributed by atoms with E-state index in [-0.39, 0.29) is 18.4 Å². The molecule has 0 bridgehead atoms. The Hall–Kier alpha value is -1.59. The van der Waals surface area contributed by atoms with E-state index < -0.39 is 0 Å². The summed E-state index contributed by atoms with van der Waals surface area (Å²) >= 11 is 5.97. The van der Waals surface area contributed by atoms with Crippen molar-refractivity contribution in [1.82, 2.24) is 15.5 Å². The van der Waals surface area contributed by atoms with Crippen LogP contribution in [0.4, 0.5) is 0 Å². The molecule has 1 aliphatic heterocycles. The van der Waals surface area contributed by atoms with Crippen molar-refractivity contribution in [2.75, 3.05) is 32.7 Å². The second kappa shape index (κ2) is 10.5. The van der Waals surface area contributed by atoms with Gasteiger partial charge >= 0.3 is 0 Å². The highest BCUT2D eigenvalue weighted by Gasteiger charge is 2.20. The number of hydrogen-bond acceptors (Lipinski definition) is 3. The van der Waals surface area contributed by atoms with Gasteiger partial charge in [-0.2, -0.15) is 0 Å². The van der Waals surface area contributed by atoms with Gasteiger partial charge in [-0.1, -0.05) is 37.6 Å². The lowest BCUT2D eigenvalue weighted by Crippen LogP contribution is -2.39. The fraction of sp³-hybridized carbons (Fsp3) is 0.600. The van der Waals surface area contributed by atoms with Crippen molar-refractivity contribution in [2.24, 2.45) is 11.8 Å². The molecule has 6 heteroatoms. The van der Waals surface area contributed by atoms with E-state index >= 15 is 0 Å². The van der Waals surface area contributed by atoms with E-state index in [9.17, 15) is 9.59 Å². The highest BCUT2D eigenvalue weighted by atomic mass is 35.5. The number of rotatable bonds is 8. The highest BCUT2D eigenvalue weighted by molar-refractivity contribution is 6.33. The lowest BCUT2D eigenvalue weighted by Gasteiger charge is -2.34. The maximum atomic E-state index is 12.0. The van der Waals surface area contributed by atoms with Crippen molar-refractivity contribution in [2.45, 2.75) is 33.1 Å². The summed E-state index contributed by atoms with van der Waals surface area (Å²) in [6, 6.07) is 6.79. The number of nitrogens with zero attached hydrogens (tertiary/aromatic N) is 1.